The first-order valence-corrected chi connectivity index (χ1v) is 11.2. The topological polar surface area (TPSA) is 58.4 Å². The number of rotatable bonds is 4. The molecular weight excluding hydrogens is 396 g/mol. The van der Waals surface area contributed by atoms with E-state index in [0.29, 0.717) is 37.7 Å². The Morgan fingerprint density at radius 2 is 1.73 bits per heavy atom. The third-order valence-corrected chi connectivity index (χ3v) is 7.14. The lowest BCUT2D eigenvalue weighted by molar-refractivity contribution is -0.134. The Morgan fingerprint density at radius 1 is 1.00 bits per heavy atom. The summed E-state index contributed by atoms with van der Waals surface area (Å²) in [7, 11) is 0. The summed E-state index contributed by atoms with van der Waals surface area (Å²) in [5.74, 6) is 0.749. The van der Waals surface area contributed by atoms with Crippen LogP contribution in [0.2, 0.25) is 0 Å². The number of hydrogen-bond donors (Lipinski definition) is 0. The molecule has 2 aliphatic rings. The van der Waals surface area contributed by atoms with Gasteiger partial charge in [-0.25, -0.2) is 4.68 Å². The molecule has 1 saturated carbocycles. The molecule has 2 atom stereocenters. The molecule has 2 aromatic heterocycles. The lowest BCUT2D eigenvalue weighted by atomic mass is 10.2. The van der Waals surface area contributed by atoms with Crippen LogP contribution in [-0.4, -0.2) is 57.6 Å². The predicted molar refractivity (Wildman–Crippen MR) is 116 cm³/mol. The molecule has 2 fully saturated rings. The van der Waals surface area contributed by atoms with Gasteiger partial charge in [-0.3, -0.25) is 9.59 Å². The first-order valence-electron chi connectivity index (χ1n) is 10.3. The second-order valence-corrected chi connectivity index (χ2v) is 8.95. The van der Waals surface area contributed by atoms with Gasteiger partial charge in [0.15, 0.2) is 0 Å². The van der Waals surface area contributed by atoms with Crippen LogP contribution in [0, 0.1) is 12.8 Å². The SMILES string of the molecule is Cc1c(C(=O)N2CCN(C(=O)[C@@H]3C[C@H]3c3cccs3)CC2)cnn1-c1ccccc1. The molecule has 0 radical (unpaired) electrons. The Kier molecular flexibility index (Phi) is 4.90. The number of para-hydroxylation sites is 1. The number of carbonyl (C=O) groups is 2. The average molecular weight is 421 g/mol. The zero-order valence-corrected chi connectivity index (χ0v) is 17.7. The van der Waals surface area contributed by atoms with Gasteiger partial charge in [0, 0.05) is 42.9 Å². The van der Waals surface area contributed by atoms with Crippen LogP contribution < -0.4 is 0 Å². The van der Waals surface area contributed by atoms with E-state index in [4.69, 9.17) is 0 Å². The molecular formula is C23H24N4O2S. The zero-order chi connectivity index (χ0) is 20.7. The van der Waals surface area contributed by atoms with Crippen molar-refractivity contribution in [2.24, 2.45) is 5.92 Å². The minimum absolute atomic E-state index is 0.00957. The summed E-state index contributed by atoms with van der Waals surface area (Å²) >= 11 is 1.73. The Bertz CT molecular complexity index is 1050. The number of amides is 2. The highest BCUT2D eigenvalue weighted by Gasteiger charge is 2.46. The zero-order valence-electron chi connectivity index (χ0n) is 16.9. The van der Waals surface area contributed by atoms with E-state index in [-0.39, 0.29) is 17.7 Å². The number of aromatic nitrogens is 2. The molecule has 1 aliphatic carbocycles. The molecule has 0 N–H and O–H groups in total. The monoisotopic (exact) mass is 420 g/mol. The van der Waals surface area contributed by atoms with Crippen LogP contribution in [0.5, 0.6) is 0 Å². The van der Waals surface area contributed by atoms with Crippen molar-refractivity contribution in [2.75, 3.05) is 26.2 Å². The van der Waals surface area contributed by atoms with Crippen molar-refractivity contribution < 1.29 is 9.59 Å². The maximum atomic E-state index is 13.1. The smallest absolute Gasteiger partial charge is 0.257 e. The number of nitrogens with zero attached hydrogens (tertiary/aromatic N) is 4. The summed E-state index contributed by atoms with van der Waals surface area (Å²) in [5, 5.41) is 6.49. The second kappa shape index (κ2) is 7.72. The minimum atomic E-state index is -0.00957. The van der Waals surface area contributed by atoms with Crippen molar-refractivity contribution in [3.05, 3.63) is 70.2 Å². The van der Waals surface area contributed by atoms with E-state index in [1.54, 1.807) is 22.2 Å². The summed E-state index contributed by atoms with van der Waals surface area (Å²) < 4.78 is 1.80. The van der Waals surface area contributed by atoms with Crippen LogP contribution in [0.25, 0.3) is 5.69 Å². The molecule has 3 heterocycles. The highest BCUT2D eigenvalue weighted by atomic mass is 32.1. The normalized spacial score (nSPS) is 21.0. The lowest BCUT2D eigenvalue weighted by Crippen LogP contribution is -2.51. The van der Waals surface area contributed by atoms with Crippen molar-refractivity contribution in [3.63, 3.8) is 0 Å². The van der Waals surface area contributed by atoms with E-state index < -0.39 is 0 Å². The van der Waals surface area contributed by atoms with Crippen molar-refractivity contribution >= 4 is 23.2 Å². The summed E-state index contributed by atoms with van der Waals surface area (Å²) in [6, 6.07) is 14.0. The molecule has 30 heavy (non-hydrogen) atoms. The van der Waals surface area contributed by atoms with E-state index in [1.807, 2.05) is 53.1 Å². The first-order chi connectivity index (χ1) is 14.6. The van der Waals surface area contributed by atoms with Crippen LogP contribution >= 0.6 is 11.3 Å². The molecule has 1 aromatic carbocycles. The van der Waals surface area contributed by atoms with E-state index in [1.165, 1.54) is 4.88 Å². The minimum Gasteiger partial charge on any atom is -0.339 e. The third kappa shape index (κ3) is 3.43. The van der Waals surface area contributed by atoms with Crippen molar-refractivity contribution in [2.45, 2.75) is 19.3 Å². The number of piperazine rings is 1. The Morgan fingerprint density at radius 3 is 2.43 bits per heavy atom. The first kappa shape index (κ1) is 19.1. The van der Waals surface area contributed by atoms with E-state index in [0.717, 1.165) is 17.8 Å². The fourth-order valence-corrected chi connectivity index (χ4v) is 5.18. The van der Waals surface area contributed by atoms with Crippen LogP contribution in [0.4, 0.5) is 0 Å². The third-order valence-electron chi connectivity index (χ3n) is 6.14. The Balaban J connectivity index is 1.21. The molecule has 1 aliphatic heterocycles. The van der Waals surface area contributed by atoms with E-state index in [2.05, 4.69) is 16.5 Å². The number of thiophene rings is 1. The largest absolute Gasteiger partial charge is 0.339 e. The van der Waals surface area contributed by atoms with Gasteiger partial charge in [-0.2, -0.15) is 5.10 Å². The van der Waals surface area contributed by atoms with Gasteiger partial charge in [0.1, 0.15) is 0 Å². The molecule has 0 spiro atoms. The van der Waals surface area contributed by atoms with Crippen molar-refractivity contribution in [1.29, 1.82) is 0 Å². The van der Waals surface area contributed by atoms with Crippen LogP contribution in [0.3, 0.4) is 0 Å². The number of carbonyl (C=O) groups excluding carboxylic acids is 2. The van der Waals surface area contributed by atoms with Gasteiger partial charge >= 0.3 is 0 Å². The molecule has 6 nitrogen and oxygen atoms in total. The summed E-state index contributed by atoms with van der Waals surface area (Å²) in [5.41, 5.74) is 2.40. The van der Waals surface area contributed by atoms with Crippen molar-refractivity contribution in [1.82, 2.24) is 19.6 Å². The molecule has 3 aromatic rings. The molecule has 5 rings (SSSR count). The standard InChI is InChI=1S/C23H24N4O2S/c1-16-20(15-24-27(16)17-6-3-2-4-7-17)23(29)26-11-9-25(10-12-26)22(28)19-14-18(19)21-8-5-13-30-21/h2-8,13,15,18-19H,9-12,14H2,1H3/t18-,19-/m1/s1. The van der Waals surface area contributed by atoms with Gasteiger partial charge in [-0.15, -0.1) is 11.3 Å². The average Bonchev–Trinajstić information content (AvgIpc) is 3.20. The molecule has 2 amide bonds. The van der Waals surface area contributed by atoms with Crippen LogP contribution in [-0.2, 0) is 4.79 Å². The lowest BCUT2D eigenvalue weighted by Gasteiger charge is -2.35. The quantitative estimate of drug-likeness (QED) is 0.651. The fraction of sp³-hybridized carbons (Fsp3) is 0.348. The highest BCUT2D eigenvalue weighted by molar-refractivity contribution is 7.10. The predicted octanol–water partition coefficient (Wildman–Crippen LogP) is 3.33. The Labute approximate surface area is 179 Å². The van der Waals surface area contributed by atoms with E-state index in [9.17, 15) is 9.59 Å². The number of benzene rings is 1. The van der Waals surface area contributed by atoms with Gasteiger partial charge < -0.3 is 9.80 Å². The molecule has 7 heteroatoms. The van der Waals surface area contributed by atoms with Gasteiger partial charge in [0.2, 0.25) is 5.91 Å². The molecule has 0 unspecified atom stereocenters. The summed E-state index contributed by atoms with van der Waals surface area (Å²) in [6.45, 7) is 4.26. The van der Waals surface area contributed by atoms with E-state index >= 15 is 0 Å². The fourth-order valence-electron chi connectivity index (χ4n) is 4.27. The van der Waals surface area contributed by atoms with Gasteiger partial charge in [-0.1, -0.05) is 24.3 Å². The van der Waals surface area contributed by atoms with Crippen LogP contribution in [0.15, 0.2) is 54.0 Å². The van der Waals surface area contributed by atoms with Crippen molar-refractivity contribution in [3.8, 4) is 5.69 Å². The highest BCUT2D eigenvalue weighted by Crippen LogP contribution is 2.50. The molecule has 0 bridgehead atoms. The second-order valence-electron chi connectivity index (χ2n) is 7.97. The summed E-state index contributed by atoms with van der Waals surface area (Å²) in [4.78, 5) is 31.0. The summed E-state index contributed by atoms with van der Waals surface area (Å²) in [6.07, 6.45) is 2.61. The Hall–Kier alpha value is -2.93. The maximum absolute atomic E-state index is 13.1. The van der Waals surface area contributed by atoms with Gasteiger partial charge in [0.25, 0.3) is 5.91 Å². The van der Waals surface area contributed by atoms with Gasteiger partial charge in [0.05, 0.1) is 23.1 Å². The van der Waals surface area contributed by atoms with Gasteiger partial charge in [-0.05, 0) is 36.9 Å². The number of hydrogen-bond acceptors (Lipinski definition) is 4. The molecule has 1 saturated heterocycles. The molecule has 154 valence electrons. The van der Waals surface area contributed by atoms with Crippen LogP contribution in [0.1, 0.15) is 33.3 Å². The maximum Gasteiger partial charge on any atom is 0.257 e.